The number of alkyl halides is 3. The van der Waals surface area contributed by atoms with Gasteiger partial charge >= 0.3 is 18.1 Å². The van der Waals surface area contributed by atoms with Gasteiger partial charge in [-0.25, -0.2) is 9.59 Å². The highest BCUT2D eigenvalue weighted by molar-refractivity contribution is 7.18. The van der Waals surface area contributed by atoms with Crippen LogP contribution in [-0.2, 0) is 27.0 Å². The van der Waals surface area contributed by atoms with Gasteiger partial charge in [-0.05, 0) is 39.3 Å². The van der Waals surface area contributed by atoms with Crippen molar-refractivity contribution in [1.82, 2.24) is 9.78 Å². The molecule has 0 spiro atoms. The lowest BCUT2D eigenvalue weighted by Gasteiger charge is -2.10. The van der Waals surface area contributed by atoms with Crippen molar-refractivity contribution in [2.45, 2.75) is 46.5 Å². The molecule has 0 atom stereocenters. The minimum Gasteiger partial charge on any atom is -0.462 e. The number of carbonyl (C=O) groups is 3. The highest BCUT2D eigenvalue weighted by atomic mass is 32.1. The molecular formula is C18H20F3N3O5S. The van der Waals surface area contributed by atoms with E-state index in [-0.39, 0.29) is 27.6 Å². The summed E-state index contributed by atoms with van der Waals surface area (Å²) in [5, 5.41) is 5.79. The molecule has 0 fully saturated rings. The second kappa shape index (κ2) is 9.28. The number of amides is 1. The third-order valence-corrected chi connectivity index (χ3v) is 4.83. The molecule has 0 aliphatic heterocycles. The molecule has 2 aromatic rings. The number of thiophene rings is 1. The number of hydrogen-bond donors (Lipinski definition) is 1. The zero-order valence-electron chi connectivity index (χ0n) is 16.6. The maximum Gasteiger partial charge on any atom is 0.435 e. The largest absolute Gasteiger partial charge is 0.462 e. The van der Waals surface area contributed by atoms with Crippen LogP contribution in [0.1, 0.15) is 52.1 Å². The van der Waals surface area contributed by atoms with E-state index in [2.05, 4.69) is 10.4 Å². The van der Waals surface area contributed by atoms with Crippen LogP contribution in [0.2, 0.25) is 0 Å². The first-order valence-corrected chi connectivity index (χ1v) is 9.67. The third kappa shape index (κ3) is 5.59. The van der Waals surface area contributed by atoms with Crippen LogP contribution < -0.4 is 5.32 Å². The minimum atomic E-state index is -4.63. The van der Waals surface area contributed by atoms with Crippen LogP contribution >= 0.6 is 11.3 Å². The van der Waals surface area contributed by atoms with Gasteiger partial charge in [-0.15, -0.1) is 11.3 Å². The van der Waals surface area contributed by atoms with Crippen LogP contribution in [0.5, 0.6) is 0 Å². The number of ether oxygens (including phenoxy) is 2. The number of nitrogens with one attached hydrogen (secondary N) is 1. The lowest BCUT2D eigenvalue weighted by molar-refractivity contribution is -0.141. The van der Waals surface area contributed by atoms with Gasteiger partial charge in [0.1, 0.15) is 16.4 Å². The molecule has 0 aromatic carbocycles. The molecule has 30 heavy (non-hydrogen) atoms. The van der Waals surface area contributed by atoms with Crippen LogP contribution in [0.15, 0.2) is 12.3 Å². The Bertz CT molecular complexity index is 950. The van der Waals surface area contributed by atoms with Crippen molar-refractivity contribution < 1.29 is 37.0 Å². The third-order valence-electron chi connectivity index (χ3n) is 3.64. The molecule has 0 unspecified atom stereocenters. The molecule has 1 N–H and O–H groups in total. The molecule has 1 amide bonds. The first-order valence-electron chi connectivity index (χ1n) is 8.86. The standard InChI is InChI=1S/C18H20F3N3O5S/c1-5-28-17(27)14-10(4)13(16(26)29-9(2)3)15(30-14)22-12(25)8-24-7-6-11(23-24)18(19,20)21/h6-7,9H,5,8H2,1-4H3,(H,22,25). The fraction of sp³-hybridized carbons (Fsp3) is 0.444. The molecule has 0 aliphatic carbocycles. The quantitative estimate of drug-likeness (QED) is 0.651. The molecule has 164 valence electrons. The zero-order valence-corrected chi connectivity index (χ0v) is 17.4. The molecule has 2 heterocycles. The van der Waals surface area contributed by atoms with E-state index in [1.54, 1.807) is 20.8 Å². The minimum absolute atomic E-state index is 0.0125. The number of anilines is 1. The van der Waals surface area contributed by atoms with Crippen LogP contribution in [0, 0.1) is 6.92 Å². The first kappa shape index (κ1) is 23.4. The summed E-state index contributed by atoms with van der Waals surface area (Å²) in [6.45, 7) is 6.00. The molecule has 0 radical (unpaired) electrons. The van der Waals surface area contributed by atoms with E-state index < -0.39 is 42.4 Å². The lowest BCUT2D eigenvalue weighted by atomic mass is 10.1. The zero-order chi connectivity index (χ0) is 22.6. The Hall–Kier alpha value is -2.89. The van der Waals surface area contributed by atoms with Crippen molar-refractivity contribution in [3.63, 3.8) is 0 Å². The fourth-order valence-corrected chi connectivity index (χ4v) is 3.53. The van der Waals surface area contributed by atoms with E-state index in [0.717, 1.165) is 28.3 Å². The molecule has 0 aliphatic rings. The summed E-state index contributed by atoms with van der Waals surface area (Å²) in [6.07, 6.45) is -4.06. The van der Waals surface area contributed by atoms with Crippen LogP contribution in [-0.4, -0.2) is 40.3 Å². The van der Waals surface area contributed by atoms with Crippen molar-refractivity contribution in [3.05, 3.63) is 34.0 Å². The van der Waals surface area contributed by atoms with Crippen LogP contribution in [0.25, 0.3) is 0 Å². The van der Waals surface area contributed by atoms with E-state index in [0.29, 0.717) is 0 Å². The predicted molar refractivity (Wildman–Crippen MR) is 101 cm³/mol. The number of carbonyl (C=O) groups excluding carboxylic acids is 3. The first-order chi connectivity index (χ1) is 13.9. The normalized spacial score (nSPS) is 11.5. The summed E-state index contributed by atoms with van der Waals surface area (Å²) in [6, 6.07) is 0.743. The molecule has 0 saturated heterocycles. The number of hydrogen-bond acceptors (Lipinski definition) is 7. The Morgan fingerprint density at radius 1 is 1.27 bits per heavy atom. The molecular weight excluding hydrogens is 427 g/mol. The number of halogens is 3. The average molecular weight is 447 g/mol. The lowest BCUT2D eigenvalue weighted by Crippen LogP contribution is -2.21. The molecule has 2 aromatic heterocycles. The van der Waals surface area contributed by atoms with Crippen molar-refractivity contribution in [1.29, 1.82) is 0 Å². The Labute approximate surface area is 174 Å². The molecule has 8 nitrogen and oxygen atoms in total. The monoisotopic (exact) mass is 447 g/mol. The Kier molecular flexibility index (Phi) is 7.24. The Morgan fingerprint density at radius 3 is 2.47 bits per heavy atom. The number of nitrogens with zero attached hydrogens (tertiary/aromatic N) is 2. The van der Waals surface area contributed by atoms with E-state index >= 15 is 0 Å². The topological polar surface area (TPSA) is 99.5 Å². The van der Waals surface area contributed by atoms with Crippen molar-refractivity contribution in [2.75, 3.05) is 11.9 Å². The summed E-state index contributed by atoms with van der Waals surface area (Å²) in [7, 11) is 0. The fourth-order valence-electron chi connectivity index (χ4n) is 2.43. The second-order valence-corrected chi connectivity index (χ2v) is 7.40. The van der Waals surface area contributed by atoms with Crippen molar-refractivity contribution >= 4 is 34.2 Å². The van der Waals surface area contributed by atoms with Crippen LogP contribution in [0.3, 0.4) is 0 Å². The number of rotatable bonds is 7. The van der Waals surface area contributed by atoms with E-state index in [1.165, 1.54) is 6.92 Å². The molecule has 0 saturated carbocycles. The highest BCUT2D eigenvalue weighted by Gasteiger charge is 2.34. The number of aromatic nitrogens is 2. The SMILES string of the molecule is CCOC(=O)c1sc(NC(=O)Cn2ccc(C(F)(F)F)n2)c(C(=O)OC(C)C)c1C. The predicted octanol–water partition coefficient (Wildman–Crippen LogP) is 3.65. The summed E-state index contributed by atoms with van der Waals surface area (Å²) < 4.78 is 48.9. The maximum absolute atomic E-state index is 12.6. The summed E-state index contributed by atoms with van der Waals surface area (Å²) in [4.78, 5) is 37.1. The van der Waals surface area contributed by atoms with Crippen molar-refractivity contribution in [2.24, 2.45) is 0 Å². The molecule has 0 bridgehead atoms. The van der Waals surface area contributed by atoms with E-state index in [9.17, 15) is 27.6 Å². The average Bonchev–Trinajstić information content (AvgIpc) is 3.19. The maximum atomic E-state index is 12.6. The van der Waals surface area contributed by atoms with Gasteiger partial charge in [-0.1, -0.05) is 0 Å². The van der Waals surface area contributed by atoms with E-state index in [1.807, 2.05) is 0 Å². The Morgan fingerprint density at radius 2 is 1.93 bits per heavy atom. The van der Waals surface area contributed by atoms with Crippen LogP contribution in [0.4, 0.5) is 18.2 Å². The second-order valence-electron chi connectivity index (χ2n) is 6.38. The van der Waals surface area contributed by atoms with Gasteiger partial charge in [-0.3, -0.25) is 9.48 Å². The summed E-state index contributed by atoms with van der Waals surface area (Å²) >= 11 is 0.821. The highest BCUT2D eigenvalue weighted by Crippen LogP contribution is 2.34. The smallest absolute Gasteiger partial charge is 0.435 e. The van der Waals surface area contributed by atoms with Crippen molar-refractivity contribution in [3.8, 4) is 0 Å². The van der Waals surface area contributed by atoms with Gasteiger partial charge in [0.25, 0.3) is 0 Å². The summed E-state index contributed by atoms with van der Waals surface area (Å²) in [5.74, 6) is -2.15. The van der Waals surface area contributed by atoms with Gasteiger partial charge in [0.15, 0.2) is 5.69 Å². The molecule has 12 heteroatoms. The Balaban J connectivity index is 2.28. The summed E-state index contributed by atoms with van der Waals surface area (Å²) in [5.41, 5.74) is -0.868. The van der Waals surface area contributed by atoms with Gasteiger partial charge in [0, 0.05) is 6.20 Å². The van der Waals surface area contributed by atoms with E-state index in [4.69, 9.17) is 9.47 Å². The molecule has 2 rings (SSSR count). The van der Waals surface area contributed by atoms with Gasteiger partial charge in [0.05, 0.1) is 18.3 Å². The number of esters is 2. The van der Waals surface area contributed by atoms with Gasteiger partial charge < -0.3 is 14.8 Å². The van der Waals surface area contributed by atoms with Gasteiger partial charge in [0.2, 0.25) is 5.91 Å². The van der Waals surface area contributed by atoms with Gasteiger partial charge in [-0.2, -0.15) is 18.3 Å².